The zero-order chi connectivity index (χ0) is 12.8. The van der Waals surface area contributed by atoms with Crippen LogP contribution in [0.2, 0.25) is 5.02 Å². The SMILES string of the molecule is CC1(C)CNc2ccc(OC(F)(F)F)c(Cl)c21. The molecule has 1 aliphatic heterocycles. The summed E-state index contributed by atoms with van der Waals surface area (Å²) in [6, 6.07) is 2.78. The summed E-state index contributed by atoms with van der Waals surface area (Å²) in [5.74, 6) is -0.352. The van der Waals surface area contributed by atoms with Crippen molar-refractivity contribution in [3.8, 4) is 5.75 Å². The summed E-state index contributed by atoms with van der Waals surface area (Å²) in [6.07, 6.45) is -4.73. The zero-order valence-corrected chi connectivity index (χ0v) is 10.0. The maximum absolute atomic E-state index is 12.2. The largest absolute Gasteiger partial charge is 0.573 e. The van der Waals surface area contributed by atoms with Gasteiger partial charge in [0.2, 0.25) is 0 Å². The van der Waals surface area contributed by atoms with Gasteiger partial charge >= 0.3 is 6.36 Å². The average molecular weight is 266 g/mol. The molecule has 1 heterocycles. The molecule has 0 bridgehead atoms. The Balaban J connectivity index is 2.46. The molecule has 2 rings (SSSR count). The molecular formula is C11H11ClF3NO. The van der Waals surface area contributed by atoms with E-state index in [9.17, 15) is 13.2 Å². The summed E-state index contributed by atoms with van der Waals surface area (Å²) in [6.45, 7) is 4.46. The molecule has 0 atom stereocenters. The minimum atomic E-state index is -4.73. The molecule has 17 heavy (non-hydrogen) atoms. The minimum Gasteiger partial charge on any atom is -0.404 e. The summed E-state index contributed by atoms with van der Waals surface area (Å²) in [5.41, 5.74) is 1.12. The van der Waals surface area contributed by atoms with Crippen LogP contribution < -0.4 is 10.1 Å². The lowest BCUT2D eigenvalue weighted by molar-refractivity contribution is -0.274. The van der Waals surface area contributed by atoms with E-state index < -0.39 is 6.36 Å². The molecule has 0 aromatic heterocycles. The fourth-order valence-electron chi connectivity index (χ4n) is 1.97. The predicted molar refractivity (Wildman–Crippen MR) is 59.7 cm³/mol. The molecule has 2 nitrogen and oxygen atoms in total. The molecule has 0 saturated carbocycles. The van der Waals surface area contributed by atoms with Crippen molar-refractivity contribution < 1.29 is 17.9 Å². The van der Waals surface area contributed by atoms with E-state index in [1.54, 1.807) is 6.07 Å². The van der Waals surface area contributed by atoms with Crippen molar-refractivity contribution in [3.05, 3.63) is 22.7 Å². The fourth-order valence-corrected chi connectivity index (χ4v) is 2.43. The van der Waals surface area contributed by atoms with Crippen LogP contribution in [-0.2, 0) is 5.41 Å². The van der Waals surface area contributed by atoms with Gasteiger partial charge in [0.25, 0.3) is 0 Å². The third-order valence-electron chi connectivity index (χ3n) is 2.73. The number of fused-ring (bicyclic) bond motifs is 1. The number of ether oxygens (including phenoxy) is 1. The van der Waals surface area contributed by atoms with Crippen molar-refractivity contribution in [2.75, 3.05) is 11.9 Å². The number of benzene rings is 1. The van der Waals surface area contributed by atoms with Crippen LogP contribution in [0.5, 0.6) is 5.75 Å². The molecular weight excluding hydrogens is 255 g/mol. The van der Waals surface area contributed by atoms with Crippen molar-refractivity contribution in [3.63, 3.8) is 0 Å². The third kappa shape index (κ3) is 2.29. The highest BCUT2D eigenvalue weighted by Gasteiger charge is 2.37. The zero-order valence-electron chi connectivity index (χ0n) is 9.28. The Morgan fingerprint density at radius 3 is 2.59 bits per heavy atom. The first-order chi connectivity index (χ1) is 7.71. The molecule has 0 spiro atoms. The lowest BCUT2D eigenvalue weighted by atomic mass is 9.87. The molecule has 1 aromatic rings. The highest BCUT2D eigenvalue weighted by atomic mass is 35.5. The Kier molecular flexibility index (Phi) is 2.69. The summed E-state index contributed by atoms with van der Waals surface area (Å²) >= 11 is 5.98. The van der Waals surface area contributed by atoms with Crippen LogP contribution in [0.3, 0.4) is 0 Å². The maximum Gasteiger partial charge on any atom is 0.573 e. The van der Waals surface area contributed by atoms with Crippen LogP contribution in [-0.4, -0.2) is 12.9 Å². The molecule has 0 aliphatic carbocycles. The summed E-state index contributed by atoms with van der Waals surface area (Å²) in [7, 11) is 0. The first-order valence-electron chi connectivity index (χ1n) is 5.03. The number of rotatable bonds is 1. The van der Waals surface area contributed by atoms with Gasteiger partial charge in [-0.15, -0.1) is 13.2 Å². The van der Waals surface area contributed by atoms with E-state index in [1.807, 2.05) is 13.8 Å². The number of anilines is 1. The topological polar surface area (TPSA) is 21.3 Å². The van der Waals surface area contributed by atoms with Crippen molar-refractivity contribution in [2.24, 2.45) is 0 Å². The molecule has 1 aromatic carbocycles. The van der Waals surface area contributed by atoms with Crippen LogP contribution in [0, 0.1) is 0 Å². The first-order valence-corrected chi connectivity index (χ1v) is 5.41. The smallest absolute Gasteiger partial charge is 0.404 e. The van der Waals surface area contributed by atoms with E-state index >= 15 is 0 Å². The van der Waals surface area contributed by atoms with Crippen molar-refractivity contribution in [1.82, 2.24) is 0 Å². The van der Waals surface area contributed by atoms with Gasteiger partial charge < -0.3 is 10.1 Å². The van der Waals surface area contributed by atoms with E-state index in [4.69, 9.17) is 11.6 Å². The fraction of sp³-hybridized carbons (Fsp3) is 0.455. The van der Waals surface area contributed by atoms with Crippen LogP contribution in [0.4, 0.5) is 18.9 Å². The molecule has 0 saturated heterocycles. The van der Waals surface area contributed by atoms with Gasteiger partial charge in [-0.25, -0.2) is 0 Å². The third-order valence-corrected chi connectivity index (χ3v) is 3.11. The summed E-state index contributed by atoms with van der Waals surface area (Å²) in [5, 5.41) is 3.12. The van der Waals surface area contributed by atoms with E-state index in [1.165, 1.54) is 6.07 Å². The molecule has 6 heteroatoms. The Morgan fingerprint density at radius 2 is 2.00 bits per heavy atom. The van der Waals surface area contributed by atoms with E-state index in [0.29, 0.717) is 12.1 Å². The summed E-state index contributed by atoms with van der Waals surface area (Å²) in [4.78, 5) is 0. The normalized spacial score (nSPS) is 17.5. The van der Waals surface area contributed by atoms with Gasteiger partial charge in [0.05, 0.1) is 5.02 Å². The lowest BCUT2D eigenvalue weighted by Gasteiger charge is -2.20. The second kappa shape index (κ2) is 3.70. The Labute approximate surface area is 102 Å². The predicted octanol–water partition coefficient (Wildman–Crippen LogP) is 3.94. The standard InChI is InChI=1S/C11H11ClF3NO/c1-10(2)5-16-6-3-4-7(9(12)8(6)10)17-11(13,14)15/h3-4,16H,5H2,1-2H3. The second-order valence-corrected chi connectivity index (χ2v) is 4.96. The van der Waals surface area contributed by atoms with E-state index in [-0.39, 0.29) is 16.2 Å². The van der Waals surface area contributed by atoms with E-state index in [0.717, 1.165) is 5.69 Å². The number of alkyl halides is 3. The van der Waals surface area contributed by atoms with Gasteiger partial charge in [0, 0.05) is 23.2 Å². The molecule has 0 amide bonds. The average Bonchev–Trinajstić information content (AvgIpc) is 2.45. The molecule has 1 N–H and O–H groups in total. The van der Waals surface area contributed by atoms with Crippen molar-refractivity contribution in [1.29, 1.82) is 0 Å². The van der Waals surface area contributed by atoms with Crippen LogP contribution in [0.25, 0.3) is 0 Å². The molecule has 0 fully saturated rings. The Bertz CT molecular complexity index is 457. The molecule has 94 valence electrons. The van der Waals surface area contributed by atoms with Crippen LogP contribution in [0.15, 0.2) is 12.1 Å². The lowest BCUT2D eigenvalue weighted by Crippen LogP contribution is -2.21. The highest BCUT2D eigenvalue weighted by Crippen LogP contribution is 2.45. The number of nitrogens with one attached hydrogen (secondary N) is 1. The molecule has 1 aliphatic rings. The second-order valence-electron chi connectivity index (χ2n) is 4.59. The minimum absolute atomic E-state index is 0.0230. The maximum atomic E-state index is 12.2. The van der Waals surface area contributed by atoms with Gasteiger partial charge in [-0.1, -0.05) is 25.4 Å². The molecule has 0 radical (unpaired) electrons. The van der Waals surface area contributed by atoms with Crippen molar-refractivity contribution >= 4 is 17.3 Å². The van der Waals surface area contributed by atoms with Gasteiger partial charge in [0.15, 0.2) is 0 Å². The monoisotopic (exact) mass is 265 g/mol. The number of halogens is 4. The van der Waals surface area contributed by atoms with Gasteiger partial charge in [0.1, 0.15) is 5.75 Å². The van der Waals surface area contributed by atoms with Gasteiger partial charge in [-0.3, -0.25) is 0 Å². The van der Waals surface area contributed by atoms with Gasteiger partial charge in [-0.05, 0) is 12.1 Å². The van der Waals surface area contributed by atoms with Crippen LogP contribution in [0.1, 0.15) is 19.4 Å². The highest BCUT2D eigenvalue weighted by molar-refractivity contribution is 6.33. The Morgan fingerprint density at radius 1 is 1.35 bits per heavy atom. The first kappa shape index (κ1) is 12.4. The van der Waals surface area contributed by atoms with Gasteiger partial charge in [-0.2, -0.15) is 0 Å². The number of hydrogen-bond acceptors (Lipinski definition) is 2. The quantitative estimate of drug-likeness (QED) is 0.830. The van der Waals surface area contributed by atoms with Crippen molar-refractivity contribution in [2.45, 2.75) is 25.6 Å². The molecule has 0 unspecified atom stereocenters. The van der Waals surface area contributed by atoms with E-state index in [2.05, 4.69) is 10.1 Å². The number of hydrogen-bond donors (Lipinski definition) is 1. The Hall–Kier alpha value is -1.10. The van der Waals surface area contributed by atoms with Crippen LogP contribution >= 0.6 is 11.6 Å². The summed E-state index contributed by atoms with van der Waals surface area (Å²) < 4.78 is 40.4.